The molecule has 39 heavy (non-hydrogen) atoms. The van der Waals surface area contributed by atoms with E-state index in [-0.39, 0.29) is 20.1 Å². The van der Waals surface area contributed by atoms with E-state index in [9.17, 15) is 0 Å². The van der Waals surface area contributed by atoms with E-state index >= 15 is 0 Å². The average molecular weight is 684 g/mol. The van der Waals surface area contributed by atoms with Crippen LogP contribution >= 0.6 is 0 Å². The average Bonchev–Trinajstić information content (AvgIpc) is 3.44. The first-order valence-electron chi connectivity index (χ1n) is 13.0. The molecule has 0 aliphatic rings. The van der Waals surface area contributed by atoms with Crippen molar-refractivity contribution in [1.82, 2.24) is 18.8 Å². The number of fused-ring (bicyclic) bond motifs is 12. The van der Waals surface area contributed by atoms with Crippen molar-refractivity contribution in [2.75, 3.05) is 0 Å². The van der Waals surface area contributed by atoms with Crippen molar-refractivity contribution in [1.29, 1.82) is 0 Å². The van der Waals surface area contributed by atoms with Crippen LogP contribution in [0.15, 0.2) is 91.0 Å². The Kier molecular flexibility index (Phi) is 6.22. The zero-order valence-corrected chi connectivity index (χ0v) is 24.7. The maximum Gasteiger partial charge on any atom is 0.145 e. The quantitative estimate of drug-likeness (QED) is 0.119. The molecule has 0 N–H and O–H groups in total. The molecule has 8 aromatic rings. The molecule has 8 rings (SSSR count). The van der Waals surface area contributed by atoms with Crippen LogP contribution in [0.2, 0.25) is 0 Å². The number of pyridine rings is 2. The Morgan fingerprint density at radius 2 is 0.974 bits per heavy atom. The summed E-state index contributed by atoms with van der Waals surface area (Å²) < 4.78 is 4.51. The molecule has 0 saturated heterocycles. The molecule has 0 saturated carbocycles. The van der Waals surface area contributed by atoms with Crippen LogP contribution in [-0.4, -0.2) is 18.8 Å². The molecule has 193 valence electrons. The third-order valence-electron chi connectivity index (χ3n) is 7.81. The smallest absolute Gasteiger partial charge is 0.145 e. The van der Waals surface area contributed by atoms with Crippen molar-refractivity contribution < 1.29 is 20.1 Å². The Balaban J connectivity index is 0.000000138. The third-order valence-corrected chi connectivity index (χ3v) is 7.81. The molecule has 0 fully saturated rings. The third kappa shape index (κ3) is 3.76. The van der Waals surface area contributed by atoms with Gasteiger partial charge in [0.15, 0.2) is 0 Å². The van der Waals surface area contributed by atoms with Gasteiger partial charge in [0.1, 0.15) is 5.65 Å². The Hall–Kier alpha value is -4.05. The van der Waals surface area contributed by atoms with Gasteiger partial charge in [-0.1, -0.05) is 66.0 Å². The van der Waals surface area contributed by atoms with E-state index in [1.165, 1.54) is 49.4 Å². The molecule has 4 aromatic carbocycles. The molecule has 0 amide bonds. The van der Waals surface area contributed by atoms with E-state index in [0.29, 0.717) is 0 Å². The Bertz CT molecular complexity index is 2030. The van der Waals surface area contributed by atoms with E-state index in [2.05, 4.69) is 121 Å². The largest absolute Gasteiger partial charge is 0.337 e. The first kappa shape index (κ1) is 25.2. The van der Waals surface area contributed by atoms with Gasteiger partial charge in [0.25, 0.3) is 0 Å². The summed E-state index contributed by atoms with van der Waals surface area (Å²) in [5.41, 5.74) is 9.10. The first-order valence-corrected chi connectivity index (χ1v) is 13.0. The van der Waals surface area contributed by atoms with Gasteiger partial charge in [-0.15, -0.1) is 29.7 Å². The van der Waals surface area contributed by atoms with Crippen LogP contribution in [0.5, 0.6) is 0 Å². The Labute approximate surface area is 240 Å². The topological polar surface area (TPSA) is 34.6 Å². The Morgan fingerprint density at radius 3 is 1.62 bits per heavy atom. The van der Waals surface area contributed by atoms with E-state index in [4.69, 9.17) is 9.97 Å². The summed E-state index contributed by atoms with van der Waals surface area (Å²) in [6.45, 7) is 8.39. The molecule has 0 bridgehead atoms. The van der Waals surface area contributed by atoms with Gasteiger partial charge in [0.2, 0.25) is 0 Å². The molecule has 4 nitrogen and oxygen atoms in total. The molecule has 0 atom stereocenters. The fourth-order valence-electron chi connectivity index (χ4n) is 5.71. The summed E-state index contributed by atoms with van der Waals surface area (Å²) in [6.07, 6.45) is 0. The second-order valence-electron chi connectivity index (χ2n) is 9.92. The summed E-state index contributed by atoms with van der Waals surface area (Å²) in [6, 6.07) is 35.0. The van der Waals surface area contributed by atoms with Crippen molar-refractivity contribution in [3.8, 4) is 0 Å². The molecule has 4 heterocycles. The maximum absolute atomic E-state index is 4.75. The second-order valence-corrected chi connectivity index (χ2v) is 9.92. The normalized spacial score (nSPS) is 11.4. The van der Waals surface area contributed by atoms with Crippen molar-refractivity contribution in [3.05, 3.63) is 120 Å². The molecule has 0 aliphatic carbocycles. The standard InChI is InChI=1S/C17H14N2.C17H13N2.Ir/c2*1-11-12(2)19-16-10-6-5-8-14(16)13-7-3-4-9-15(13)17(19)18-11;/h3-10H,1-2H3;3-8,10H,1-2H3;/q;-1;. The van der Waals surface area contributed by atoms with Crippen LogP contribution in [0.4, 0.5) is 0 Å². The minimum atomic E-state index is 0. The van der Waals surface area contributed by atoms with E-state index in [1.807, 2.05) is 12.1 Å². The van der Waals surface area contributed by atoms with Crippen LogP contribution in [-0.2, 0) is 20.1 Å². The van der Waals surface area contributed by atoms with Gasteiger partial charge in [0.05, 0.1) is 16.9 Å². The minimum absolute atomic E-state index is 0. The SMILES string of the molecule is Cc1nc2c3[c-]cccc3c3ccccc3n2c1C.Cc1nc2c3ccccc3c3ccccc3n2c1C.[Ir]. The molecular formula is C34H27IrN4-. The van der Waals surface area contributed by atoms with Crippen molar-refractivity contribution in [2.45, 2.75) is 27.7 Å². The molecule has 1 radical (unpaired) electrons. The molecule has 0 aliphatic heterocycles. The van der Waals surface area contributed by atoms with Gasteiger partial charge >= 0.3 is 0 Å². The van der Waals surface area contributed by atoms with Crippen LogP contribution < -0.4 is 0 Å². The van der Waals surface area contributed by atoms with Crippen LogP contribution in [0, 0.1) is 33.8 Å². The van der Waals surface area contributed by atoms with Crippen LogP contribution in [0.3, 0.4) is 0 Å². The van der Waals surface area contributed by atoms with E-state index in [0.717, 1.165) is 28.1 Å². The van der Waals surface area contributed by atoms with Gasteiger partial charge < -0.3 is 4.40 Å². The number of benzene rings is 4. The number of imidazole rings is 2. The van der Waals surface area contributed by atoms with Gasteiger partial charge in [-0.05, 0) is 50.6 Å². The summed E-state index contributed by atoms with van der Waals surface area (Å²) in [7, 11) is 0. The second kappa shape index (κ2) is 9.60. The summed E-state index contributed by atoms with van der Waals surface area (Å²) in [5, 5.41) is 7.34. The molecular weight excluding hydrogens is 657 g/mol. The monoisotopic (exact) mass is 684 g/mol. The molecule has 5 heteroatoms. The maximum atomic E-state index is 4.75. The zero-order chi connectivity index (χ0) is 26.0. The number of hydrogen-bond acceptors (Lipinski definition) is 2. The van der Waals surface area contributed by atoms with Crippen LogP contribution in [0.25, 0.3) is 54.6 Å². The summed E-state index contributed by atoms with van der Waals surface area (Å²) >= 11 is 0. The summed E-state index contributed by atoms with van der Waals surface area (Å²) in [4.78, 5) is 9.48. The molecule has 4 aromatic heterocycles. The van der Waals surface area contributed by atoms with Gasteiger partial charge in [-0.2, -0.15) is 0 Å². The molecule has 0 unspecified atom stereocenters. The van der Waals surface area contributed by atoms with E-state index < -0.39 is 0 Å². The number of rotatable bonds is 0. The van der Waals surface area contributed by atoms with E-state index in [1.54, 1.807) is 0 Å². The van der Waals surface area contributed by atoms with Crippen molar-refractivity contribution in [3.63, 3.8) is 0 Å². The van der Waals surface area contributed by atoms with Gasteiger partial charge in [0, 0.05) is 53.5 Å². The van der Waals surface area contributed by atoms with Gasteiger partial charge in [-0.25, -0.2) is 4.98 Å². The fourth-order valence-corrected chi connectivity index (χ4v) is 5.71. The molecule has 0 spiro atoms. The number of aryl methyl sites for hydroxylation is 4. The van der Waals surface area contributed by atoms with Crippen LogP contribution in [0.1, 0.15) is 22.8 Å². The minimum Gasteiger partial charge on any atom is -0.337 e. The summed E-state index contributed by atoms with van der Waals surface area (Å²) in [5.74, 6) is 0. The number of para-hydroxylation sites is 2. The number of aromatic nitrogens is 4. The number of nitrogens with zero attached hydrogens (tertiary/aromatic N) is 4. The van der Waals surface area contributed by atoms with Crippen molar-refractivity contribution in [2.24, 2.45) is 0 Å². The van der Waals surface area contributed by atoms with Gasteiger partial charge in [-0.3, -0.25) is 9.38 Å². The first-order chi connectivity index (χ1) is 18.5. The Morgan fingerprint density at radius 1 is 0.513 bits per heavy atom. The predicted molar refractivity (Wildman–Crippen MR) is 158 cm³/mol. The van der Waals surface area contributed by atoms with Crippen molar-refractivity contribution >= 4 is 54.6 Å². The zero-order valence-electron chi connectivity index (χ0n) is 22.3. The fraction of sp³-hybridized carbons (Fsp3) is 0.118. The number of hydrogen-bond donors (Lipinski definition) is 0. The predicted octanol–water partition coefficient (Wildman–Crippen LogP) is 8.31.